The van der Waals surface area contributed by atoms with Gasteiger partial charge >= 0.3 is 0 Å². The lowest BCUT2D eigenvalue weighted by molar-refractivity contribution is 0.102. The predicted molar refractivity (Wildman–Crippen MR) is 91.9 cm³/mol. The molecule has 0 aliphatic carbocycles. The van der Waals surface area contributed by atoms with Crippen LogP contribution in [-0.2, 0) is 6.54 Å². The van der Waals surface area contributed by atoms with Gasteiger partial charge in [0.2, 0.25) is 0 Å². The maximum atomic E-state index is 12.3. The van der Waals surface area contributed by atoms with Crippen molar-refractivity contribution < 1.29 is 9.21 Å². The Kier molecular flexibility index (Phi) is 4.56. The highest BCUT2D eigenvalue weighted by Crippen LogP contribution is 2.15. The van der Waals surface area contributed by atoms with E-state index in [1.54, 1.807) is 12.3 Å². The molecular weight excluding hydrogens is 304 g/mol. The maximum absolute atomic E-state index is 12.3. The molecule has 0 aliphatic rings. The van der Waals surface area contributed by atoms with E-state index in [0.29, 0.717) is 18.1 Å². The summed E-state index contributed by atoms with van der Waals surface area (Å²) in [7, 11) is 0. The molecule has 0 radical (unpaired) electrons. The van der Waals surface area contributed by atoms with Crippen LogP contribution >= 0.6 is 0 Å². The van der Waals surface area contributed by atoms with Crippen molar-refractivity contribution in [2.45, 2.75) is 20.4 Å². The van der Waals surface area contributed by atoms with Crippen LogP contribution in [0.15, 0.2) is 53.4 Å². The van der Waals surface area contributed by atoms with Crippen molar-refractivity contribution in [1.82, 2.24) is 9.97 Å². The molecule has 0 atom stereocenters. The number of carbonyl (C=O) groups is 1. The molecule has 0 saturated heterocycles. The molecule has 2 aromatic heterocycles. The van der Waals surface area contributed by atoms with Crippen molar-refractivity contribution in [2.24, 2.45) is 0 Å². The predicted octanol–water partition coefficient (Wildman–Crippen LogP) is 3.55. The highest BCUT2D eigenvalue weighted by atomic mass is 16.3. The first-order valence-corrected chi connectivity index (χ1v) is 7.59. The normalized spacial score (nSPS) is 10.4. The second-order valence-electron chi connectivity index (χ2n) is 5.47. The number of rotatable bonds is 5. The molecule has 0 aliphatic heterocycles. The van der Waals surface area contributed by atoms with Crippen molar-refractivity contribution in [3.63, 3.8) is 0 Å². The molecule has 3 rings (SSSR count). The van der Waals surface area contributed by atoms with Crippen LogP contribution in [0.4, 0.5) is 11.5 Å². The fourth-order valence-electron chi connectivity index (χ4n) is 2.18. The van der Waals surface area contributed by atoms with E-state index in [4.69, 9.17) is 4.42 Å². The molecule has 1 amide bonds. The average molecular weight is 322 g/mol. The summed E-state index contributed by atoms with van der Waals surface area (Å²) < 4.78 is 5.25. The zero-order valence-electron chi connectivity index (χ0n) is 13.5. The Bertz CT molecular complexity index is 844. The van der Waals surface area contributed by atoms with Gasteiger partial charge in [-0.3, -0.25) is 4.79 Å². The Labute approximate surface area is 140 Å². The molecule has 6 heteroatoms. The molecule has 0 saturated carbocycles. The molecule has 2 heterocycles. The second kappa shape index (κ2) is 6.95. The van der Waals surface area contributed by atoms with Crippen molar-refractivity contribution >= 4 is 17.4 Å². The van der Waals surface area contributed by atoms with E-state index >= 15 is 0 Å². The molecule has 0 spiro atoms. The van der Waals surface area contributed by atoms with E-state index in [2.05, 4.69) is 20.6 Å². The number of nitrogens with zero attached hydrogens (tertiary/aromatic N) is 2. The summed E-state index contributed by atoms with van der Waals surface area (Å²) >= 11 is 0. The third kappa shape index (κ3) is 3.78. The highest BCUT2D eigenvalue weighted by Gasteiger charge is 2.10. The number of benzene rings is 1. The summed E-state index contributed by atoms with van der Waals surface area (Å²) in [5.41, 5.74) is 3.34. The third-order valence-electron chi connectivity index (χ3n) is 3.69. The summed E-state index contributed by atoms with van der Waals surface area (Å²) in [6.45, 7) is 4.52. The summed E-state index contributed by atoms with van der Waals surface area (Å²) in [5.74, 6) is 1.07. The van der Waals surface area contributed by atoms with Crippen molar-refractivity contribution in [3.8, 4) is 0 Å². The van der Waals surface area contributed by atoms with E-state index in [9.17, 15) is 4.79 Å². The first-order valence-electron chi connectivity index (χ1n) is 7.59. The van der Waals surface area contributed by atoms with Crippen molar-refractivity contribution in [3.05, 3.63) is 71.6 Å². The molecule has 2 N–H and O–H groups in total. The topological polar surface area (TPSA) is 80.0 Å². The van der Waals surface area contributed by atoms with Gasteiger partial charge in [0.05, 0.1) is 12.8 Å². The van der Waals surface area contributed by atoms with E-state index in [0.717, 1.165) is 17.0 Å². The first-order chi connectivity index (χ1) is 11.6. The maximum Gasteiger partial charge on any atom is 0.274 e. The van der Waals surface area contributed by atoms with Gasteiger partial charge in [-0.05, 0) is 49.2 Å². The van der Waals surface area contributed by atoms with Crippen molar-refractivity contribution in [2.75, 3.05) is 10.6 Å². The monoisotopic (exact) mass is 322 g/mol. The summed E-state index contributed by atoms with van der Waals surface area (Å²) in [6.07, 6.45) is 2.97. The van der Waals surface area contributed by atoms with E-state index in [-0.39, 0.29) is 5.91 Å². The SMILES string of the molecule is Cc1ccc(NC(=O)c2cc(NCc3ccco3)ncn2)cc1C. The first kappa shape index (κ1) is 15.7. The zero-order valence-corrected chi connectivity index (χ0v) is 13.5. The lowest BCUT2D eigenvalue weighted by atomic mass is 10.1. The highest BCUT2D eigenvalue weighted by molar-refractivity contribution is 6.03. The second-order valence-corrected chi connectivity index (χ2v) is 5.47. The van der Waals surface area contributed by atoms with Crippen LogP contribution in [0, 0.1) is 13.8 Å². The van der Waals surface area contributed by atoms with Gasteiger partial charge in [-0.25, -0.2) is 9.97 Å². The minimum absolute atomic E-state index is 0.276. The van der Waals surface area contributed by atoms with Gasteiger partial charge in [-0.15, -0.1) is 0 Å². The summed E-state index contributed by atoms with van der Waals surface area (Å²) in [4.78, 5) is 20.5. The van der Waals surface area contributed by atoms with E-state index in [1.807, 2.05) is 44.2 Å². The number of aromatic nitrogens is 2. The largest absolute Gasteiger partial charge is 0.467 e. The van der Waals surface area contributed by atoms with Gasteiger partial charge in [0.15, 0.2) is 0 Å². The van der Waals surface area contributed by atoms with Gasteiger partial charge in [0, 0.05) is 11.8 Å². The van der Waals surface area contributed by atoms with Crippen LogP contribution in [0.1, 0.15) is 27.4 Å². The van der Waals surface area contributed by atoms with Gasteiger partial charge in [-0.1, -0.05) is 6.07 Å². The Morgan fingerprint density at radius 3 is 2.75 bits per heavy atom. The number of nitrogens with one attached hydrogen (secondary N) is 2. The van der Waals surface area contributed by atoms with Crippen LogP contribution in [0.2, 0.25) is 0 Å². The van der Waals surface area contributed by atoms with Crippen LogP contribution in [0.25, 0.3) is 0 Å². The Hall–Kier alpha value is -3.15. The Morgan fingerprint density at radius 1 is 1.12 bits per heavy atom. The molecule has 6 nitrogen and oxygen atoms in total. The number of anilines is 2. The van der Waals surface area contributed by atoms with E-state index < -0.39 is 0 Å². The molecule has 24 heavy (non-hydrogen) atoms. The summed E-state index contributed by atoms with van der Waals surface area (Å²) in [5, 5.41) is 5.95. The van der Waals surface area contributed by atoms with E-state index in [1.165, 1.54) is 11.9 Å². The minimum Gasteiger partial charge on any atom is -0.467 e. The van der Waals surface area contributed by atoms with Gasteiger partial charge in [-0.2, -0.15) is 0 Å². The quantitative estimate of drug-likeness (QED) is 0.751. The lowest BCUT2D eigenvalue weighted by Gasteiger charge is -2.08. The van der Waals surface area contributed by atoms with Crippen LogP contribution < -0.4 is 10.6 Å². The third-order valence-corrected chi connectivity index (χ3v) is 3.69. The summed E-state index contributed by atoms with van der Waals surface area (Å²) in [6, 6.07) is 11.1. The van der Waals surface area contributed by atoms with Gasteiger partial charge < -0.3 is 15.1 Å². The molecule has 3 aromatic rings. The molecule has 0 unspecified atom stereocenters. The van der Waals surface area contributed by atoms with Crippen LogP contribution in [0.3, 0.4) is 0 Å². The van der Waals surface area contributed by atoms with Crippen LogP contribution in [-0.4, -0.2) is 15.9 Å². The molecule has 0 bridgehead atoms. The van der Waals surface area contributed by atoms with Crippen LogP contribution in [0.5, 0.6) is 0 Å². The number of aryl methyl sites for hydroxylation is 2. The standard InChI is InChI=1S/C18H18N4O2/c1-12-5-6-14(8-13(12)2)22-18(23)16-9-17(21-11-20-16)19-10-15-4-3-7-24-15/h3-9,11H,10H2,1-2H3,(H,22,23)(H,19,20,21). The number of furan rings is 1. The number of amides is 1. The molecule has 0 fully saturated rings. The van der Waals surface area contributed by atoms with Gasteiger partial charge in [0.1, 0.15) is 23.6 Å². The Balaban J connectivity index is 1.68. The Morgan fingerprint density at radius 2 is 2.00 bits per heavy atom. The number of carbonyl (C=O) groups excluding carboxylic acids is 1. The fraction of sp³-hybridized carbons (Fsp3) is 0.167. The van der Waals surface area contributed by atoms with Gasteiger partial charge in [0.25, 0.3) is 5.91 Å². The minimum atomic E-state index is -0.276. The average Bonchev–Trinajstić information content (AvgIpc) is 3.10. The number of hydrogen-bond acceptors (Lipinski definition) is 5. The number of hydrogen-bond donors (Lipinski definition) is 2. The van der Waals surface area contributed by atoms with Crippen molar-refractivity contribution in [1.29, 1.82) is 0 Å². The molecular formula is C18H18N4O2. The molecule has 122 valence electrons. The fourth-order valence-corrected chi connectivity index (χ4v) is 2.18. The zero-order chi connectivity index (χ0) is 16.9. The molecule has 1 aromatic carbocycles. The smallest absolute Gasteiger partial charge is 0.274 e. The lowest BCUT2D eigenvalue weighted by Crippen LogP contribution is -2.14.